The van der Waals surface area contributed by atoms with Crippen LogP contribution in [-0.4, -0.2) is 26.7 Å². The predicted molar refractivity (Wildman–Crippen MR) is 102 cm³/mol. The molecule has 0 spiro atoms. The molecule has 0 bridgehead atoms. The number of hydrogen-bond donors (Lipinski definition) is 2. The topological polar surface area (TPSA) is 113 Å². The van der Waals surface area contributed by atoms with E-state index in [0.29, 0.717) is 28.2 Å². The van der Waals surface area contributed by atoms with Crippen LogP contribution in [0.25, 0.3) is 11.3 Å². The lowest BCUT2D eigenvalue weighted by atomic mass is 10.1. The van der Waals surface area contributed by atoms with Crippen molar-refractivity contribution in [2.45, 2.75) is 13.8 Å². The summed E-state index contributed by atoms with van der Waals surface area (Å²) in [6.45, 7) is 3.46. The maximum absolute atomic E-state index is 12.4. The number of benzene rings is 2. The average Bonchev–Trinajstić information content (AvgIpc) is 3.08. The first-order valence-corrected chi connectivity index (χ1v) is 8.17. The minimum atomic E-state index is -0.478. The van der Waals surface area contributed by atoms with Crippen molar-refractivity contribution >= 4 is 17.3 Å². The summed E-state index contributed by atoms with van der Waals surface area (Å²) in [6.07, 6.45) is 0. The Bertz CT molecular complexity index is 1020. The highest BCUT2D eigenvalue weighted by Gasteiger charge is 2.16. The Hall–Kier alpha value is -3.81. The fourth-order valence-corrected chi connectivity index (χ4v) is 2.60. The number of rotatable bonds is 5. The number of carbonyl (C=O) groups excluding carboxylic acids is 1. The van der Waals surface area contributed by atoms with Crippen molar-refractivity contribution in [3.05, 3.63) is 81.5 Å². The Morgan fingerprint density at radius 1 is 1.19 bits per heavy atom. The minimum Gasteiger partial charge on any atom is -0.272 e. The third-order valence-corrected chi connectivity index (χ3v) is 4.08. The molecular weight excluding hydrogens is 346 g/mol. The van der Waals surface area contributed by atoms with Crippen LogP contribution in [-0.2, 0) is 0 Å². The van der Waals surface area contributed by atoms with Crippen molar-refractivity contribution in [1.82, 2.24) is 15.6 Å². The van der Waals surface area contributed by atoms with Crippen LogP contribution in [0.4, 0.5) is 5.69 Å². The van der Waals surface area contributed by atoms with Crippen LogP contribution in [0, 0.1) is 17.0 Å². The van der Waals surface area contributed by atoms with Crippen molar-refractivity contribution < 1.29 is 9.72 Å². The molecule has 0 radical (unpaired) electrons. The molecule has 0 saturated carbocycles. The Kier molecular flexibility index (Phi) is 5.07. The van der Waals surface area contributed by atoms with Gasteiger partial charge in [-0.05, 0) is 13.8 Å². The molecule has 0 fully saturated rings. The molecule has 0 atom stereocenters. The summed E-state index contributed by atoms with van der Waals surface area (Å²) in [7, 11) is 0. The number of nitrogens with zero attached hydrogens (tertiary/aromatic N) is 3. The summed E-state index contributed by atoms with van der Waals surface area (Å²) in [5.41, 5.74) is 6.04. The Balaban J connectivity index is 1.78. The highest BCUT2D eigenvalue weighted by atomic mass is 16.6. The van der Waals surface area contributed by atoms with Crippen LogP contribution in [0.1, 0.15) is 28.5 Å². The van der Waals surface area contributed by atoms with E-state index in [0.717, 1.165) is 5.56 Å². The number of amides is 1. The SMILES string of the molecule is CC(=NNC(=O)c1[nH]nc(-c2ccccc2)c1C)c1cccc([N+](=O)[O-])c1. The summed E-state index contributed by atoms with van der Waals surface area (Å²) in [5.74, 6) is -0.438. The van der Waals surface area contributed by atoms with Crippen molar-refractivity contribution in [3.8, 4) is 11.3 Å². The Morgan fingerprint density at radius 2 is 1.93 bits per heavy atom. The molecule has 1 amide bonds. The molecule has 3 aromatic rings. The number of nitro groups is 1. The van der Waals surface area contributed by atoms with E-state index in [1.165, 1.54) is 12.1 Å². The van der Waals surface area contributed by atoms with Crippen LogP contribution in [0.3, 0.4) is 0 Å². The van der Waals surface area contributed by atoms with Gasteiger partial charge < -0.3 is 0 Å². The lowest BCUT2D eigenvalue weighted by Crippen LogP contribution is -2.20. The van der Waals surface area contributed by atoms with E-state index in [-0.39, 0.29) is 5.69 Å². The fourth-order valence-electron chi connectivity index (χ4n) is 2.60. The molecule has 3 rings (SSSR count). The maximum Gasteiger partial charge on any atom is 0.289 e. The van der Waals surface area contributed by atoms with Gasteiger partial charge in [0.1, 0.15) is 5.69 Å². The first-order valence-electron chi connectivity index (χ1n) is 8.17. The summed E-state index contributed by atoms with van der Waals surface area (Å²) in [5, 5.41) is 21.9. The van der Waals surface area contributed by atoms with E-state index in [1.54, 1.807) is 26.0 Å². The van der Waals surface area contributed by atoms with Crippen LogP contribution >= 0.6 is 0 Å². The fraction of sp³-hybridized carbons (Fsp3) is 0.105. The summed E-state index contributed by atoms with van der Waals surface area (Å²) in [4.78, 5) is 22.8. The monoisotopic (exact) mass is 363 g/mol. The van der Waals surface area contributed by atoms with Gasteiger partial charge in [-0.3, -0.25) is 20.0 Å². The molecule has 136 valence electrons. The van der Waals surface area contributed by atoms with E-state index in [1.807, 2.05) is 30.3 Å². The number of non-ortho nitro benzene ring substituents is 1. The molecule has 2 N–H and O–H groups in total. The lowest BCUT2D eigenvalue weighted by Gasteiger charge is -2.03. The Labute approximate surface area is 155 Å². The second kappa shape index (κ2) is 7.61. The van der Waals surface area contributed by atoms with Gasteiger partial charge in [-0.1, -0.05) is 42.5 Å². The zero-order chi connectivity index (χ0) is 19.4. The van der Waals surface area contributed by atoms with Gasteiger partial charge in [0.25, 0.3) is 11.6 Å². The second-order valence-electron chi connectivity index (χ2n) is 5.88. The lowest BCUT2D eigenvalue weighted by molar-refractivity contribution is -0.384. The van der Waals surface area contributed by atoms with Crippen LogP contribution in [0.15, 0.2) is 59.7 Å². The third-order valence-electron chi connectivity index (χ3n) is 4.08. The van der Waals surface area contributed by atoms with Gasteiger partial charge in [0.2, 0.25) is 0 Å². The molecule has 8 nitrogen and oxygen atoms in total. The number of nitrogens with one attached hydrogen (secondary N) is 2. The van der Waals surface area contributed by atoms with E-state index in [4.69, 9.17) is 0 Å². The molecule has 8 heteroatoms. The molecule has 1 aromatic heterocycles. The summed E-state index contributed by atoms with van der Waals surface area (Å²) >= 11 is 0. The number of aromatic nitrogens is 2. The molecular formula is C19H17N5O3. The van der Waals surface area contributed by atoms with E-state index < -0.39 is 10.8 Å². The molecule has 2 aromatic carbocycles. The van der Waals surface area contributed by atoms with Gasteiger partial charge in [-0.2, -0.15) is 10.2 Å². The predicted octanol–water partition coefficient (Wildman–Crippen LogP) is 3.45. The van der Waals surface area contributed by atoms with Crippen molar-refractivity contribution in [1.29, 1.82) is 0 Å². The van der Waals surface area contributed by atoms with Gasteiger partial charge in [-0.25, -0.2) is 5.43 Å². The van der Waals surface area contributed by atoms with E-state index in [9.17, 15) is 14.9 Å². The number of carbonyl (C=O) groups is 1. The van der Waals surface area contributed by atoms with Crippen LogP contribution in [0.2, 0.25) is 0 Å². The largest absolute Gasteiger partial charge is 0.289 e. The smallest absolute Gasteiger partial charge is 0.272 e. The molecule has 0 unspecified atom stereocenters. The minimum absolute atomic E-state index is 0.0368. The van der Waals surface area contributed by atoms with Crippen molar-refractivity contribution in [2.75, 3.05) is 0 Å². The highest BCUT2D eigenvalue weighted by molar-refractivity contribution is 6.01. The standard InChI is InChI=1S/C19H17N5O3/c1-12-17(14-7-4-3-5-8-14)21-22-18(12)19(25)23-20-13(2)15-9-6-10-16(11-15)24(26)27/h3-11H,1-2H3,(H,21,22)(H,23,25). The van der Waals surface area contributed by atoms with Crippen molar-refractivity contribution in [2.24, 2.45) is 5.10 Å². The number of aromatic amines is 1. The second-order valence-corrected chi connectivity index (χ2v) is 5.88. The first-order chi connectivity index (χ1) is 13.0. The van der Waals surface area contributed by atoms with Gasteiger partial charge >= 0.3 is 0 Å². The summed E-state index contributed by atoms with van der Waals surface area (Å²) in [6, 6.07) is 15.6. The van der Waals surface area contributed by atoms with Gasteiger partial charge in [-0.15, -0.1) is 0 Å². The Morgan fingerprint density at radius 3 is 2.63 bits per heavy atom. The van der Waals surface area contributed by atoms with Gasteiger partial charge in [0.15, 0.2) is 0 Å². The van der Waals surface area contributed by atoms with E-state index in [2.05, 4.69) is 20.7 Å². The molecule has 0 saturated heterocycles. The van der Waals surface area contributed by atoms with Crippen LogP contribution < -0.4 is 5.43 Å². The quantitative estimate of drug-likeness (QED) is 0.410. The third kappa shape index (κ3) is 3.90. The molecule has 27 heavy (non-hydrogen) atoms. The summed E-state index contributed by atoms with van der Waals surface area (Å²) < 4.78 is 0. The molecule has 0 aliphatic carbocycles. The number of nitro benzene ring substituents is 1. The van der Waals surface area contributed by atoms with Gasteiger partial charge in [0.05, 0.1) is 16.3 Å². The van der Waals surface area contributed by atoms with Gasteiger partial charge in [0, 0.05) is 28.8 Å². The average molecular weight is 363 g/mol. The molecule has 0 aliphatic heterocycles. The first kappa shape index (κ1) is 18.0. The zero-order valence-electron chi connectivity index (χ0n) is 14.8. The number of hydrogen-bond acceptors (Lipinski definition) is 5. The highest BCUT2D eigenvalue weighted by Crippen LogP contribution is 2.22. The van der Waals surface area contributed by atoms with Crippen molar-refractivity contribution in [3.63, 3.8) is 0 Å². The van der Waals surface area contributed by atoms with Crippen LogP contribution in [0.5, 0.6) is 0 Å². The number of hydrazone groups is 1. The molecule has 1 heterocycles. The number of H-pyrrole nitrogens is 1. The molecule has 0 aliphatic rings. The normalized spacial score (nSPS) is 11.3. The maximum atomic E-state index is 12.4. The van der Waals surface area contributed by atoms with E-state index >= 15 is 0 Å². The zero-order valence-corrected chi connectivity index (χ0v) is 14.8.